The summed E-state index contributed by atoms with van der Waals surface area (Å²) in [7, 11) is 1.69. The minimum Gasteiger partial charge on any atom is -0.497 e. The summed E-state index contributed by atoms with van der Waals surface area (Å²) in [6.45, 7) is 5.34. The summed E-state index contributed by atoms with van der Waals surface area (Å²) in [6, 6.07) is 8.21. The van der Waals surface area contributed by atoms with Gasteiger partial charge in [0, 0.05) is 11.4 Å². The van der Waals surface area contributed by atoms with Gasteiger partial charge in [0.1, 0.15) is 5.75 Å². The average molecular weight is 256 g/mol. The maximum absolute atomic E-state index is 5.76. The van der Waals surface area contributed by atoms with E-state index in [4.69, 9.17) is 16.3 Å². The first-order chi connectivity index (χ1) is 8.07. The highest BCUT2D eigenvalue weighted by Gasteiger charge is 2.14. The van der Waals surface area contributed by atoms with Gasteiger partial charge in [-0.3, -0.25) is 0 Å². The number of halogens is 1. The summed E-state index contributed by atoms with van der Waals surface area (Å²) in [5.41, 5.74) is 1.44. The van der Waals surface area contributed by atoms with Crippen LogP contribution < -0.4 is 10.1 Å². The Kier molecular flexibility index (Phi) is 5.79. The van der Waals surface area contributed by atoms with Crippen molar-refractivity contribution in [2.45, 2.75) is 32.2 Å². The average Bonchev–Trinajstić information content (AvgIpc) is 2.29. The summed E-state index contributed by atoms with van der Waals surface area (Å²) >= 11 is 5.76. The fourth-order valence-electron chi connectivity index (χ4n) is 1.66. The topological polar surface area (TPSA) is 21.3 Å². The fraction of sp³-hybridized carbons (Fsp3) is 0.571. The first-order valence-electron chi connectivity index (χ1n) is 6.01. The summed E-state index contributed by atoms with van der Waals surface area (Å²) in [6.07, 6.45) is 2.01. The number of hydrogen-bond acceptors (Lipinski definition) is 2. The van der Waals surface area contributed by atoms with Crippen molar-refractivity contribution in [3.8, 4) is 5.75 Å². The van der Waals surface area contributed by atoms with Crippen LogP contribution in [0, 0.1) is 0 Å². The van der Waals surface area contributed by atoms with E-state index in [1.54, 1.807) is 7.11 Å². The number of hydrogen-bond donors (Lipinski definition) is 1. The van der Waals surface area contributed by atoms with Crippen LogP contribution in [-0.2, 0) is 6.42 Å². The van der Waals surface area contributed by atoms with Gasteiger partial charge in [-0.05, 0) is 50.9 Å². The highest BCUT2D eigenvalue weighted by molar-refractivity contribution is 6.17. The molecule has 2 nitrogen and oxygen atoms in total. The van der Waals surface area contributed by atoms with E-state index in [1.807, 2.05) is 12.1 Å². The molecule has 1 aromatic carbocycles. The van der Waals surface area contributed by atoms with Gasteiger partial charge >= 0.3 is 0 Å². The van der Waals surface area contributed by atoms with Gasteiger partial charge in [0.2, 0.25) is 0 Å². The normalized spacial score (nSPS) is 11.5. The molecule has 3 heteroatoms. The van der Waals surface area contributed by atoms with Crippen molar-refractivity contribution in [2.75, 3.05) is 19.5 Å². The largest absolute Gasteiger partial charge is 0.497 e. The highest BCUT2D eigenvalue weighted by Crippen LogP contribution is 2.12. The van der Waals surface area contributed by atoms with Crippen molar-refractivity contribution in [3.05, 3.63) is 29.8 Å². The second kappa shape index (κ2) is 6.87. The van der Waals surface area contributed by atoms with Crippen molar-refractivity contribution in [3.63, 3.8) is 0 Å². The fourth-order valence-corrected chi connectivity index (χ4v) is 2.13. The van der Waals surface area contributed by atoms with Gasteiger partial charge in [-0.1, -0.05) is 12.1 Å². The SMILES string of the molecule is COc1ccc(CCNC(C)(C)CCCl)cc1. The lowest BCUT2D eigenvalue weighted by molar-refractivity contribution is 0.381. The first-order valence-corrected chi connectivity index (χ1v) is 6.55. The van der Waals surface area contributed by atoms with E-state index >= 15 is 0 Å². The Balaban J connectivity index is 2.35. The predicted molar refractivity (Wildman–Crippen MR) is 74.1 cm³/mol. The van der Waals surface area contributed by atoms with E-state index in [9.17, 15) is 0 Å². The Morgan fingerprint density at radius 2 is 1.88 bits per heavy atom. The molecule has 0 fully saturated rings. The molecule has 0 spiro atoms. The van der Waals surface area contributed by atoms with Crippen LogP contribution in [0.25, 0.3) is 0 Å². The molecule has 0 bridgehead atoms. The molecule has 1 N–H and O–H groups in total. The minimum atomic E-state index is 0.119. The second-order valence-corrected chi connectivity index (χ2v) is 5.23. The molecule has 0 saturated heterocycles. The summed E-state index contributed by atoms with van der Waals surface area (Å²) in [4.78, 5) is 0. The minimum absolute atomic E-state index is 0.119. The van der Waals surface area contributed by atoms with Gasteiger partial charge in [-0.2, -0.15) is 0 Å². The number of methoxy groups -OCH3 is 1. The number of benzene rings is 1. The van der Waals surface area contributed by atoms with Crippen LogP contribution in [0.15, 0.2) is 24.3 Å². The van der Waals surface area contributed by atoms with Crippen LogP contribution in [0.3, 0.4) is 0 Å². The molecule has 1 aromatic rings. The molecule has 0 amide bonds. The second-order valence-electron chi connectivity index (χ2n) is 4.85. The zero-order chi connectivity index (χ0) is 12.7. The highest BCUT2D eigenvalue weighted by atomic mass is 35.5. The molecular formula is C14H22ClNO. The van der Waals surface area contributed by atoms with Crippen molar-refractivity contribution >= 4 is 11.6 Å². The third-order valence-electron chi connectivity index (χ3n) is 2.90. The Morgan fingerprint density at radius 3 is 2.41 bits per heavy atom. The predicted octanol–water partition coefficient (Wildman–Crippen LogP) is 3.23. The molecule has 0 aliphatic rings. The molecule has 96 valence electrons. The Bertz CT molecular complexity index is 321. The van der Waals surface area contributed by atoms with Gasteiger partial charge in [-0.15, -0.1) is 11.6 Å². The Hall–Kier alpha value is -0.730. The molecule has 1 rings (SSSR count). The van der Waals surface area contributed by atoms with Gasteiger partial charge in [-0.25, -0.2) is 0 Å². The van der Waals surface area contributed by atoms with E-state index in [0.717, 1.165) is 25.1 Å². The van der Waals surface area contributed by atoms with Crippen molar-refractivity contribution in [2.24, 2.45) is 0 Å². The van der Waals surface area contributed by atoms with Crippen LogP contribution in [0.5, 0.6) is 5.75 Å². The number of nitrogens with one attached hydrogen (secondary N) is 1. The molecule has 17 heavy (non-hydrogen) atoms. The molecule has 0 radical (unpaired) electrons. The van der Waals surface area contributed by atoms with Crippen molar-refractivity contribution < 1.29 is 4.74 Å². The zero-order valence-electron chi connectivity index (χ0n) is 10.9. The lowest BCUT2D eigenvalue weighted by Crippen LogP contribution is -2.40. The molecular weight excluding hydrogens is 234 g/mol. The van der Waals surface area contributed by atoms with Gasteiger partial charge in [0.05, 0.1) is 7.11 Å². The van der Waals surface area contributed by atoms with Gasteiger partial charge in [0.15, 0.2) is 0 Å². The van der Waals surface area contributed by atoms with E-state index in [2.05, 4.69) is 31.3 Å². The summed E-state index contributed by atoms with van der Waals surface area (Å²) < 4.78 is 5.13. The zero-order valence-corrected chi connectivity index (χ0v) is 11.7. The molecule has 0 aromatic heterocycles. The molecule has 0 atom stereocenters. The number of rotatable bonds is 7. The van der Waals surface area contributed by atoms with E-state index in [-0.39, 0.29) is 5.54 Å². The Labute approximate surface area is 109 Å². The molecule has 0 saturated carbocycles. The molecule has 0 aliphatic carbocycles. The summed E-state index contributed by atoms with van der Waals surface area (Å²) in [5.74, 6) is 1.60. The van der Waals surface area contributed by atoms with Crippen LogP contribution in [0.2, 0.25) is 0 Å². The molecule has 0 aliphatic heterocycles. The third kappa shape index (κ3) is 5.42. The lowest BCUT2D eigenvalue weighted by atomic mass is 10.0. The van der Waals surface area contributed by atoms with Crippen LogP contribution in [0.1, 0.15) is 25.8 Å². The monoisotopic (exact) mass is 255 g/mol. The quantitative estimate of drug-likeness (QED) is 0.756. The molecule has 0 unspecified atom stereocenters. The van der Waals surface area contributed by atoms with E-state index in [1.165, 1.54) is 5.56 Å². The van der Waals surface area contributed by atoms with Crippen LogP contribution >= 0.6 is 11.6 Å². The number of alkyl halides is 1. The standard InChI is InChI=1S/C14H22ClNO/c1-14(2,9-10-15)16-11-8-12-4-6-13(17-3)7-5-12/h4-7,16H,8-11H2,1-3H3. The number of ether oxygens (including phenoxy) is 1. The lowest BCUT2D eigenvalue weighted by Gasteiger charge is -2.25. The third-order valence-corrected chi connectivity index (χ3v) is 3.08. The van der Waals surface area contributed by atoms with Crippen molar-refractivity contribution in [1.29, 1.82) is 0 Å². The Morgan fingerprint density at radius 1 is 1.24 bits per heavy atom. The van der Waals surface area contributed by atoms with Crippen LogP contribution in [-0.4, -0.2) is 25.1 Å². The van der Waals surface area contributed by atoms with Crippen molar-refractivity contribution in [1.82, 2.24) is 5.32 Å². The maximum Gasteiger partial charge on any atom is 0.118 e. The summed E-state index contributed by atoms with van der Waals surface area (Å²) in [5, 5.41) is 3.52. The maximum atomic E-state index is 5.76. The van der Waals surface area contributed by atoms with E-state index in [0.29, 0.717) is 5.88 Å². The van der Waals surface area contributed by atoms with Gasteiger partial charge in [0.25, 0.3) is 0 Å². The first kappa shape index (κ1) is 14.3. The smallest absolute Gasteiger partial charge is 0.118 e. The van der Waals surface area contributed by atoms with E-state index < -0.39 is 0 Å². The van der Waals surface area contributed by atoms with Crippen LogP contribution in [0.4, 0.5) is 0 Å². The molecule has 0 heterocycles. The van der Waals surface area contributed by atoms with Gasteiger partial charge < -0.3 is 10.1 Å².